The summed E-state index contributed by atoms with van der Waals surface area (Å²) in [6, 6.07) is 18.9. The fourth-order valence-electron chi connectivity index (χ4n) is 3.45. The molecule has 0 spiro atoms. The Morgan fingerprint density at radius 2 is 1.83 bits per heavy atom. The molecule has 9 heteroatoms. The van der Waals surface area contributed by atoms with Gasteiger partial charge in [0.15, 0.2) is 0 Å². The SMILES string of the molecule is COc1ccc(CCC(=O)Nc2ccccc2C(=O)OCc2cc(=O)n3cc(Br)ccc3n2)cc1. The standard InChI is InChI=1S/C26H22BrN3O5/c1-34-20-10-6-17(7-11-20)8-13-24(31)29-22-5-3-2-4-21(22)26(33)35-16-19-14-25(32)30-15-18(27)9-12-23(30)28-19/h2-7,9-12,14-15H,8,13,16H2,1H3,(H,29,31). The summed E-state index contributed by atoms with van der Waals surface area (Å²) in [5.41, 5.74) is 2.05. The first-order valence-electron chi connectivity index (χ1n) is 10.8. The van der Waals surface area contributed by atoms with Crippen molar-refractivity contribution in [3.63, 3.8) is 0 Å². The van der Waals surface area contributed by atoms with Gasteiger partial charge in [-0.3, -0.25) is 14.0 Å². The Kier molecular flexibility index (Phi) is 7.57. The molecule has 2 aromatic carbocycles. The fourth-order valence-corrected chi connectivity index (χ4v) is 3.79. The summed E-state index contributed by atoms with van der Waals surface area (Å²) in [5, 5.41) is 2.78. The lowest BCUT2D eigenvalue weighted by Crippen LogP contribution is -2.18. The number of rotatable bonds is 8. The number of aromatic nitrogens is 2. The Balaban J connectivity index is 1.39. The van der Waals surface area contributed by atoms with Gasteiger partial charge in [0.05, 0.1) is 24.1 Å². The van der Waals surface area contributed by atoms with Crippen molar-refractivity contribution in [2.45, 2.75) is 19.4 Å². The van der Waals surface area contributed by atoms with Gasteiger partial charge in [0, 0.05) is 23.2 Å². The maximum Gasteiger partial charge on any atom is 0.340 e. The zero-order valence-corrected chi connectivity index (χ0v) is 20.4. The summed E-state index contributed by atoms with van der Waals surface area (Å²) in [4.78, 5) is 42.0. The molecule has 1 amide bonds. The molecule has 0 aliphatic heterocycles. The summed E-state index contributed by atoms with van der Waals surface area (Å²) < 4.78 is 12.7. The average Bonchev–Trinajstić information content (AvgIpc) is 2.87. The molecule has 35 heavy (non-hydrogen) atoms. The summed E-state index contributed by atoms with van der Waals surface area (Å²) in [6.45, 7) is -0.180. The quantitative estimate of drug-likeness (QED) is 0.336. The van der Waals surface area contributed by atoms with Crippen molar-refractivity contribution in [1.29, 1.82) is 0 Å². The van der Waals surface area contributed by atoms with Crippen LogP contribution < -0.4 is 15.6 Å². The number of nitrogens with one attached hydrogen (secondary N) is 1. The number of amides is 1. The highest BCUT2D eigenvalue weighted by molar-refractivity contribution is 9.10. The van der Waals surface area contributed by atoms with Crippen molar-refractivity contribution >= 4 is 39.1 Å². The van der Waals surface area contributed by atoms with Crippen molar-refractivity contribution in [2.24, 2.45) is 0 Å². The Morgan fingerprint density at radius 1 is 1.06 bits per heavy atom. The predicted molar refractivity (Wildman–Crippen MR) is 135 cm³/mol. The predicted octanol–water partition coefficient (Wildman–Crippen LogP) is 4.39. The molecule has 4 aromatic rings. The van der Waals surface area contributed by atoms with E-state index in [0.29, 0.717) is 23.4 Å². The molecule has 1 N–H and O–H groups in total. The van der Waals surface area contributed by atoms with E-state index < -0.39 is 5.97 Å². The van der Waals surface area contributed by atoms with Crippen molar-refractivity contribution in [1.82, 2.24) is 9.38 Å². The van der Waals surface area contributed by atoms with E-state index in [1.807, 2.05) is 24.3 Å². The van der Waals surface area contributed by atoms with E-state index >= 15 is 0 Å². The van der Waals surface area contributed by atoms with Gasteiger partial charge in [0.1, 0.15) is 18.0 Å². The van der Waals surface area contributed by atoms with Crippen LogP contribution in [0.1, 0.15) is 28.0 Å². The Bertz CT molecular complexity index is 1430. The fraction of sp³-hybridized carbons (Fsp3) is 0.154. The molecule has 178 valence electrons. The molecule has 0 radical (unpaired) electrons. The zero-order valence-electron chi connectivity index (χ0n) is 18.9. The minimum absolute atomic E-state index is 0.180. The summed E-state index contributed by atoms with van der Waals surface area (Å²) >= 11 is 3.32. The number of halogens is 1. The van der Waals surface area contributed by atoms with Gasteiger partial charge < -0.3 is 14.8 Å². The van der Waals surface area contributed by atoms with Gasteiger partial charge >= 0.3 is 5.97 Å². The smallest absolute Gasteiger partial charge is 0.340 e. The third-order valence-electron chi connectivity index (χ3n) is 5.25. The second-order valence-corrected chi connectivity index (χ2v) is 8.59. The van der Waals surface area contributed by atoms with Gasteiger partial charge in [-0.2, -0.15) is 0 Å². The van der Waals surface area contributed by atoms with E-state index in [1.165, 1.54) is 10.5 Å². The number of ether oxygens (including phenoxy) is 2. The molecular formula is C26H22BrN3O5. The zero-order chi connectivity index (χ0) is 24.8. The lowest BCUT2D eigenvalue weighted by atomic mass is 10.1. The van der Waals surface area contributed by atoms with E-state index in [9.17, 15) is 14.4 Å². The number of hydrogen-bond acceptors (Lipinski definition) is 6. The van der Waals surface area contributed by atoms with Crippen molar-refractivity contribution in [3.8, 4) is 5.75 Å². The number of carbonyl (C=O) groups excluding carboxylic acids is 2. The largest absolute Gasteiger partial charge is 0.497 e. The molecule has 0 unspecified atom stereocenters. The van der Waals surface area contributed by atoms with Crippen LogP contribution in [-0.4, -0.2) is 28.4 Å². The van der Waals surface area contributed by atoms with E-state index in [4.69, 9.17) is 9.47 Å². The molecule has 0 bridgehead atoms. The first-order chi connectivity index (χ1) is 16.9. The van der Waals surface area contributed by atoms with Gasteiger partial charge in [-0.15, -0.1) is 0 Å². The molecule has 0 saturated carbocycles. The Labute approximate surface area is 209 Å². The van der Waals surface area contributed by atoms with Gasteiger partial charge in [-0.25, -0.2) is 9.78 Å². The summed E-state index contributed by atoms with van der Waals surface area (Å²) in [7, 11) is 1.60. The molecule has 2 aromatic heterocycles. The number of benzene rings is 2. The number of esters is 1. The number of fused-ring (bicyclic) bond motifs is 1. The van der Waals surface area contributed by atoms with Crippen LogP contribution in [0.15, 0.2) is 82.2 Å². The Hall–Kier alpha value is -3.98. The number of anilines is 1. The first-order valence-corrected chi connectivity index (χ1v) is 11.6. The maximum atomic E-state index is 12.8. The first kappa shape index (κ1) is 24.2. The van der Waals surface area contributed by atoms with Crippen LogP contribution in [0.5, 0.6) is 5.75 Å². The molecule has 0 fully saturated rings. The van der Waals surface area contributed by atoms with E-state index in [-0.39, 0.29) is 30.1 Å². The number of para-hydroxylation sites is 1. The van der Waals surface area contributed by atoms with Crippen molar-refractivity contribution < 1.29 is 19.1 Å². The molecule has 8 nitrogen and oxygen atoms in total. The third kappa shape index (κ3) is 6.13. The molecule has 0 atom stereocenters. The highest BCUT2D eigenvalue weighted by Crippen LogP contribution is 2.18. The second-order valence-electron chi connectivity index (χ2n) is 7.68. The number of methoxy groups -OCH3 is 1. The molecule has 0 saturated heterocycles. The number of pyridine rings is 1. The minimum atomic E-state index is -0.631. The normalized spacial score (nSPS) is 10.7. The van der Waals surface area contributed by atoms with Crippen LogP contribution >= 0.6 is 15.9 Å². The van der Waals surface area contributed by atoms with Gasteiger partial charge in [0.25, 0.3) is 5.56 Å². The highest BCUT2D eigenvalue weighted by Gasteiger charge is 2.15. The van der Waals surface area contributed by atoms with Crippen LogP contribution in [0, 0.1) is 0 Å². The van der Waals surface area contributed by atoms with E-state index in [1.54, 1.807) is 49.7 Å². The van der Waals surface area contributed by atoms with Crippen LogP contribution in [0.4, 0.5) is 5.69 Å². The van der Waals surface area contributed by atoms with Crippen LogP contribution in [0.25, 0.3) is 5.65 Å². The number of nitrogens with zero attached hydrogens (tertiary/aromatic N) is 2. The van der Waals surface area contributed by atoms with Crippen LogP contribution in [-0.2, 0) is 22.6 Å². The van der Waals surface area contributed by atoms with E-state index in [0.717, 1.165) is 15.8 Å². The number of carbonyl (C=O) groups is 2. The molecule has 4 rings (SSSR count). The highest BCUT2D eigenvalue weighted by atomic mass is 79.9. The van der Waals surface area contributed by atoms with Crippen molar-refractivity contribution in [3.05, 3.63) is 105 Å². The molecule has 2 heterocycles. The molecule has 0 aliphatic carbocycles. The van der Waals surface area contributed by atoms with Gasteiger partial charge in [0.2, 0.25) is 5.91 Å². The van der Waals surface area contributed by atoms with E-state index in [2.05, 4.69) is 26.2 Å². The van der Waals surface area contributed by atoms with Crippen LogP contribution in [0.3, 0.4) is 0 Å². The third-order valence-corrected chi connectivity index (χ3v) is 5.72. The lowest BCUT2D eigenvalue weighted by Gasteiger charge is -2.11. The summed E-state index contributed by atoms with van der Waals surface area (Å²) in [6.07, 6.45) is 2.41. The minimum Gasteiger partial charge on any atom is -0.497 e. The average molecular weight is 536 g/mol. The van der Waals surface area contributed by atoms with Crippen molar-refractivity contribution in [2.75, 3.05) is 12.4 Å². The summed E-state index contributed by atoms with van der Waals surface area (Å²) in [5.74, 6) is -0.104. The topological polar surface area (TPSA) is 99.0 Å². The lowest BCUT2D eigenvalue weighted by molar-refractivity contribution is -0.116. The number of aryl methyl sites for hydroxylation is 1. The molecule has 0 aliphatic rings. The number of hydrogen-bond donors (Lipinski definition) is 1. The monoisotopic (exact) mass is 535 g/mol. The van der Waals surface area contributed by atoms with Crippen LogP contribution in [0.2, 0.25) is 0 Å². The molecular weight excluding hydrogens is 514 g/mol. The maximum absolute atomic E-state index is 12.8. The van der Waals surface area contributed by atoms with Gasteiger partial charge in [-0.05, 0) is 64.3 Å². The Morgan fingerprint density at radius 3 is 2.60 bits per heavy atom. The second kappa shape index (κ2) is 11.0. The van der Waals surface area contributed by atoms with Gasteiger partial charge in [-0.1, -0.05) is 24.3 Å².